The van der Waals surface area contributed by atoms with Crippen molar-refractivity contribution < 1.29 is 22.8 Å². The number of halogens is 4. The van der Waals surface area contributed by atoms with Crippen molar-refractivity contribution in [2.75, 3.05) is 0 Å². The number of hydrogen-bond donors (Lipinski definition) is 2. The Morgan fingerprint density at radius 1 is 1.12 bits per heavy atom. The summed E-state index contributed by atoms with van der Waals surface area (Å²) >= 11 is 3.05. The SMILES string of the molecule is O=C(NNC(=O)C(F)(F)F)c1ccccc1Br. The van der Waals surface area contributed by atoms with Crippen molar-refractivity contribution >= 4 is 27.7 Å². The van der Waals surface area contributed by atoms with Crippen LogP contribution in [0.1, 0.15) is 10.4 Å². The molecule has 92 valence electrons. The number of carbonyl (C=O) groups excluding carboxylic acids is 2. The minimum Gasteiger partial charge on any atom is -0.267 e. The van der Waals surface area contributed by atoms with E-state index in [-0.39, 0.29) is 5.56 Å². The number of alkyl halides is 3. The molecule has 0 atom stereocenters. The van der Waals surface area contributed by atoms with Crippen LogP contribution in [0.25, 0.3) is 0 Å². The molecular formula is C9H6BrF3N2O2. The fraction of sp³-hybridized carbons (Fsp3) is 0.111. The van der Waals surface area contributed by atoms with E-state index < -0.39 is 18.0 Å². The smallest absolute Gasteiger partial charge is 0.267 e. The number of benzene rings is 1. The molecule has 0 aliphatic carbocycles. The number of rotatable bonds is 1. The van der Waals surface area contributed by atoms with Gasteiger partial charge in [-0.15, -0.1) is 0 Å². The monoisotopic (exact) mass is 310 g/mol. The highest BCUT2D eigenvalue weighted by Gasteiger charge is 2.39. The quantitative estimate of drug-likeness (QED) is 0.777. The lowest BCUT2D eigenvalue weighted by Crippen LogP contribution is -2.47. The lowest BCUT2D eigenvalue weighted by atomic mass is 10.2. The molecule has 1 rings (SSSR count). The fourth-order valence-corrected chi connectivity index (χ4v) is 1.36. The summed E-state index contributed by atoms with van der Waals surface area (Å²) in [6, 6.07) is 6.10. The van der Waals surface area contributed by atoms with E-state index in [1.54, 1.807) is 17.6 Å². The molecule has 0 bridgehead atoms. The van der Waals surface area contributed by atoms with E-state index in [1.165, 1.54) is 17.6 Å². The zero-order chi connectivity index (χ0) is 13.1. The van der Waals surface area contributed by atoms with Gasteiger partial charge in [-0.1, -0.05) is 12.1 Å². The first-order valence-electron chi connectivity index (χ1n) is 4.24. The van der Waals surface area contributed by atoms with Gasteiger partial charge in [0.15, 0.2) is 0 Å². The molecule has 0 aliphatic rings. The van der Waals surface area contributed by atoms with Crippen molar-refractivity contribution in [2.45, 2.75) is 6.18 Å². The number of carbonyl (C=O) groups is 2. The van der Waals surface area contributed by atoms with Crippen LogP contribution in [0.15, 0.2) is 28.7 Å². The number of nitrogens with one attached hydrogen (secondary N) is 2. The Labute approximate surface area is 102 Å². The normalized spacial score (nSPS) is 10.8. The first kappa shape index (κ1) is 13.5. The van der Waals surface area contributed by atoms with Crippen molar-refractivity contribution in [1.82, 2.24) is 10.9 Å². The summed E-state index contributed by atoms with van der Waals surface area (Å²) in [5, 5.41) is 0. The Bertz CT molecular complexity index is 448. The standard InChI is InChI=1S/C9H6BrF3N2O2/c10-6-4-2-1-3-5(6)7(16)14-15-8(17)9(11,12)13/h1-4H,(H,14,16)(H,15,17). The molecule has 17 heavy (non-hydrogen) atoms. The zero-order valence-electron chi connectivity index (χ0n) is 8.14. The minimum absolute atomic E-state index is 0.106. The fourth-order valence-electron chi connectivity index (χ4n) is 0.897. The number of hydrogen-bond acceptors (Lipinski definition) is 2. The summed E-state index contributed by atoms with van der Waals surface area (Å²) in [7, 11) is 0. The van der Waals surface area contributed by atoms with E-state index in [9.17, 15) is 22.8 Å². The lowest BCUT2D eigenvalue weighted by molar-refractivity contribution is -0.174. The second-order valence-electron chi connectivity index (χ2n) is 2.89. The van der Waals surface area contributed by atoms with Crippen molar-refractivity contribution in [2.24, 2.45) is 0 Å². The molecule has 0 radical (unpaired) electrons. The van der Waals surface area contributed by atoms with Crippen LogP contribution in [0.5, 0.6) is 0 Å². The van der Waals surface area contributed by atoms with E-state index in [1.807, 2.05) is 0 Å². The van der Waals surface area contributed by atoms with Crippen molar-refractivity contribution in [3.63, 3.8) is 0 Å². The van der Waals surface area contributed by atoms with Crippen LogP contribution in [-0.4, -0.2) is 18.0 Å². The summed E-state index contributed by atoms with van der Waals surface area (Å²) in [6.45, 7) is 0. The van der Waals surface area contributed by atoms with Crippen LogP contribution in [0, 0.1) is 0 Å². The van der Waals surface area contributed by atoms with Gasteiger partial charge in [0.2, 0.25) is 0 Å². The van der Waals surface area contributed by atoms with E-state index in [4.69, 9.17) is 0 Å². The lowest BCUT2D eigenvalue weighted by Gasteiger charge is -2.09. The van der Waals surface area contributed by atoms with E-state index in [0.29, 0.717) is 4.47 Å². The third kappa shape index (κ3) is 3.74. The maximum absolute atomic E-state index is 11.8. The van der Waals surface area contributed by atoms with Crippen LogP contribution < -0.4 is 10.9 Å². The van der Waals surface area contributed by atoms with E-state index >= 15 is 0 Å². The first-order valence-corrected chi connectivity index (χ1v) is 5.03. The highest BCUT2D eigenvalue weighted by molar-refractivity contribution is 9.10. The molecule has 2 N–H and O–H groups in total. The Morgan fingerprint density at radius 3 is 2.24 bits per heavy atom. The van der Waals surface area contributed by atoms with Crippen LogP contribution in [0.3, 0.4) is 0 Å². The zero-order valence-corrected chi connectivity index (χ0v) is 9.72. The molecule has 0 spiro atoms. The van der Waals surface area contributed by atoms with E-state index in [0.717, 1.165) is 0 Å². The molecule has 4 nitrogen and oxygen atoms in total. The topological polar surface area (TPSA) is 58.2 Å². The molecule has 0 heterocycles. The summed E-state index contributed by atoms with van der Waals surface area (Å²) in [5.74, 6) is -3.09. The average molecular weight is 311 g/mol. The van der Waals surface area contributed by atoms with Gasteiger partial charge in [0, 0.05) is 4.47 Å². The Kier molecular flexibility index (Phi) is 4.11. The van der Waals surface area contributed by atoms with Gasteiger partial charge in [-0.05, 0) is 28.1 Å². The summed E-state index contributed by atoms with van der Waals surface area (Å²) in [5.41, 5.74) is 3.03. The molecule has 2 amide bonds. The summed E-state index contributed by atoms with van der Waals surface area (Å²) in [4.78, 5) is 21.8. The highest BCUT2D eigenvalue weighted by atomic mass is 79.9. The second-order valence-corrected chi connectivity index (χ2v) is 3.74. The summed E-state index contributed by atoms with van der Waals surface area (Å²) < 4.78 is 35.8. The molecule has 0 saturated heterocycles. The van der Waals surface area contributed by atoms with Crippen molar-refractivity contribution in [3.8, 4) is 0 Å². The van der Waals surface area contributed by atoms with Gasteiger partial charge in [-0.2, -0.15) is 13.2 Å². The Morgan fingerprint density at radius 2 is 1.71 bits per heavy atom. The van der Waals surface area contributed by atoms with Gasteiger partial charge in [0.05, 0.1) is 5.56 Å². The average Bonchev–Trinajstić information content (AvgIpc) is 2.24. The molecule has 0 saturated carbocycles. The molecule has 0 unspecified atom stereocenters. The first-order chi connectivity index (χ1) is 7.82. The predicted octanol–water partition coefficient (Wildman–Crippen LogP) is 1.77. The number of hydrazine groups is 1. The van der Waals surface area contributed by atoms with Gasteiger partial charge >= 0.3 is 12.1 Å². The maximum Gasteiger partial charge on any atom is 0.472 e. The largest absolute Gasteiger partial charge is 0.472 e. The van der Waals surface area contributed by atoms with Gasteiger partial charge in [0.1, 0.15) is 0 Å². The molecule has 1 aromatic rings. The predicted molar refractivity (Wildman–Crippen MR) is 55.8 cm³/mol. The number of amides is 2. The van der Waals surface area contributed by atoms with Crippen LogP contribution >= 0.6 is 15.9 Å². The minimum atomic E-state index is -5.04. The molecular weight excluding hydrogens is 305 g/mol. The molecule has 0 aromatic heterocycles. The molecule has 0 aliphatic heterocycles. The van der Waals surface area contributed by atoms with Gasteiger partial charge in [-0.3, -0.25) is 20.4 Å². The van der Waals surface area contributed by atoms with Crippen molar-refractivity contribution in [3.05, 3.63) is 34.3 Å². The molecule has 8 heteroatoms. The van der Waals surface area contributed by atoms with Gasteiger partial charge < -0.3 is 0 Å². The maximum atomic E-state index is 11.8. The molecule has 0 fully saturated rings. The van der Waals surface area contributed by atoms with Crippen LogP contribution in [0.4, 0.5) is 13.2 Å². The van der Waals surface area contributed by atoms with Crippen LogP contribution in [-0.2, 0) is 4.79 Å². The third-order valence-corrected chi connectivity index (χ3v) is 2.36. The summed E-state index contributed by atoms with van der Waals surface area (Å²) in [6.07, 6.45) is -5.04. The van der Waals surface area contributed by atoms with E-state index in [2.05, 4.69) is 15.9 Å². The Hall–Kier alpha value is -1.57. The van der Waals surface area contributed by atoms with Crippen LogP contribution in [0.2, 0.25) is 0 Å². The van der Waals surface area contributed by atoms with Gasteiger partial charge in [0.25, 0.3) is 5.91 Å². The highest BCUT2D eigenvalue weighted by Crippen LogP contribution is 2.16. The van der Waals surface area contributed by atoms with Gasteiger partial charge in [-0.25, -0.2) is 0 Å². The third-order valence-electron chi connectivity index (χ3n) is 1.67. The van der Waals surface area contributed by atoms with Crippen molar-refractivity contribution in [1.29, 1.82) is 0 Å². The molecule has 1 aromatic carbocycles. The second kappa shape index (κ2) is 5.17. The Balaban J connectivity index is 2.63.